The van der Waals surface area contributed by atoms with Gasteiger partial charge in [0.05, 0.1) is 0 Å². The number of nitrogens with one attached hydrogen (secondary N) is 1. The Morgan fingerprint density at radius 3 is 2.47 bits per heavy atom. The Kier molecular flexibility index (Phi) is 4.14. The maximum Gasteiger partial charge on any atom is 0.248 e. The molecule has 0 aromatic heterocycles. The average molecular weight is 251 g/mol. The van der Waals surface area contributed by atoms with Crippen LogP contribution in [0.15, 0.2) is 54.6 Å². The highest BCUT2D eigenvalue weighted by atomic mass is 16.1. The molecule has 2 heteroatoms. The van der Waals surface area contributed by atoms with Crippen molar-refractivity contribution in [1.29, 1.82) is 0 Å². The van der Waals surface area contributed by atoms with E-state index in [1.807, 2.05) is 56.3 Å². The molecule has 0 bridgehead atoms. The van der Waals surface area contributed by atoms with Gasteiger partial charge in [-0.3, -0.25) is 4.79 Å². The maximum atomic E-state index is 11.8. The third-order valence-electron chi connectivity index (χ3n) is 2.87. The van der Waals surface area contributed by atoms with Crippen molar-refractivity contribution in [2.75, 3.05) is 5.32 Å². The van der Waals surface area contributed by atoms with Crippen molar-refractivity contribution < 1.29 is 4.79 Å². The number of anilines is 1. The van der Waals surface area contributed by atoms with Crippen LogP contribution >= 0.6 is 0 Å². The largest absolute Gasteiger partial charge is 0.322 e. The minimum Gasteiger partial charge on any atom is -0.322 e. The smallest absolute Gasteiger partial charge is 0.248 e. The van der Waals surface area contributed by atoms with Crippen LogP contribution in [0.25, 0.3) is 6.08 Å². The summed E-state index contributed by atoms with van der Waals surface area (Å²) in [5, 5.41) is 2.88. The Balaban J connectivity index is 2.04. The van der Waals surface area contributed by atoms with Crippen LogP contribution in [-0.2, 0) is 4.79 Å². The van der Waals surface area contributed by atoms with Gasteiger partial charge in [0.2, 0.25) is 5.91 Å². The summed E-state index contributed by atoms with van der Waals surface area (Å²) in [6.45, 7) is 4.03. The van der Waals surface area contributed by atoms with Crippen molar-refractivity contribution in [3.63, 3.8) is 0 Å². The SMILES string of the molecule is Cc1ccc(NC(=O)C=Cc2ccccc2)c(C)c1. The number of aryl methyl sites for hydroxylation is 2. The normalized spacial score (nSPS) is 10.6. The molecule has 19 heavy (non-hydrogen) atoms. The number of hydrogen-bond donors (Lipinski definition) is 1. The minimum atomic E-state index is -0.115. The van der Waals surface area contributed by atoms with E-state index in [-0.39, 0.29) is 5.91 Å². The third-order valence-corrected chi connectivity index (χ3v) is 2.87. The van der Waals surface area contributed by atoms with Crippen LogP contribution in [0.2, 0.25) is 0 Å². The van der Waals surface area contributed by atoms with E-state index in [0.717, 1.165) is 16.8 Å². The number of benzene rings is 2. The second kappa shape index (κ2) is 6.01. The summed E-state index contributed by atoms with van der Waals surface area (Å²) < 4.78 is 0. The van der Waals surface area contributed by atoms with Gasteiger partial charge in [-0.2, -0.15) is 0 Å². The third kappa shape index (κ3) is 3.81. The van der Waals surface area contributed by atoms with Gasteiger partial charge in [-0.1, -0.05) is 48.0 Å². The summed E-state index contributed by atoms with van der Waals surface area (Å²) >= 11 is 0. The van der Waals surface area contributed by atoms with Crippen molar-refractivity contribution in [3.8, 4) is 0 Å². The zero-order chi connectivity index (χ0) is 13.7. The number of carbonyl (C=O) groups excluding carboxylic acids is 1. The molecule has 0 saturated carbocycles. The Morgan fingerprint density at radius 2 is 1.79 bits per heavy atom. The Morgan fingerprint density at radius 1 is 1.05 bits per heavy atom. The Hall–Kier alpha value is -2.35. The number of amides is 1. The lowest BCUT2D eigenvalue weighted by Gasteiger charge is -2.06. The van der Waals surface area contributed by atoms with Gasteiger partial charge in [0, 0.05) is 11.8 Å². The van der Waals surface area contributed by atoms with E-state index in [2.05, 4.69) is 11.4 Å². The Bertz CT molecular complexity index is 600. The van der Waals surface area contributed by atoms with E-state index in [0.29, 0.717) is 0 Å². The van der Waals surface area contributed by atoms with Crippen molar-refractivity contribution in [1.82, 2.24) is 0 Å². The van der Waals surface area contributed by atoms with Gasteiger partial charge in [-0.05, 0) is 37.1 Å². The van der Waals surface area contributed by atoms with Gasteiger partial charge in [0.1, 0.15) is 0 Å². The number of carbonyl (C=O) groups is 1. The summed E-state index contributed by atoms with van der Waals surface area (Å²) in [4.78, 5) is 11.8. The molecule has 1 amide bonds. The fraction of sp³-hybridized carbons (Fsp3) is 0.118. The summed E-state index contributed by atoms with van der Waals surface area (Å²) in [7, 11) is 0. The average Bonchev–Trinajstić information content (AvgIpc) is 2.41. The fourth-order valence-corrected chi connectivity index (χ4v) is 1.86. The van der Waals surface area contributed by atoms with E-state index in [1.165, 1.54) is 5.56 Å². The van der Waals surface area contributed by atoms with E-state index in [9.17, 15) is 4.79 Å². The first kappa shape index (κ1) is 13.1. The predicted octanol–water partition coefficient (Wildman–Crippen LogP) is 3.96. The second-order valence-electron chi connectivity index (χ2n) is 4.55. The molecule has 2 aromatic carbocycles. The molecule has 2 nitrogen and oxygen atoms in total. The lowest BCUT2D eigenvalue weighted by Crippen LogP contribution is -2.08. The van der Waals surface area contributed by atoms with Gasteiger partial charge in [-0.25, -0.2) is 0 Å². The lowest BCUT2D eigenvalue weighted by atomic mass is 10.1. The van der Waals surface area contributed by atoms with E-state index in [1.54, 1.807) is 12.2 Å². The van der Waals surface area contributed by atoms with Crippen molar-refractivity contribution >= 4 is 17.7 Å². The standard InChI is InChI=1S/C17H17NO/c1-13-8-10-16(14(2)12-13)18-17(19)11-9-15-6-4-3-5-7-15/h3-12H,1-2H3,(H,18,19). The molecule has 0 atom stereocenters. The summed E-state index contributed by atoms with van der Waals surface area (Å²) in [6, 6.07) is 15.7. The lowest BCUT2D eigenvalue weighted by molar-refractivity contribution is -0.111. The fourth-order valence-electron chi connectivity index (χ4n) is 1.86. The molecular weight excluding hydrogens is 234 g/mol. The van der Waals surface area contributed by atoms with Crippen LogP contribution < -0.4 is 5.32 Å². The molecule has 0 aliphatic carbocycles. The number of hydrogen-bond acceptors (Lipinski definition) is 1. The molecule has 0 radical (unpaired) electrons. The molecule has 1 N–H and O–H groups in total. The van der Waals surface area contributed by atoms with E-state index >= 15 is 0 Å². The van der Waals surface area contributed by atoms with Crippen LogP contribution in [0.1, 0.15) is 16.7 Å². The first-order chi connectivity index (χ1) is 9.15. The van der Waals surface area contributed by atoms with Crippen LogP contribution in [0.4, 0.5) is 5.69 Å². The number of rotatable bonds is 3. The Labute approximate surface area is 113 Å². The molecule has 0 unspecified atom stereocenters. The molecule has 2 aromatic rings. The van der Waals surface area contributed by atoms with Crippen molar-refractivity contribution in [2.24, 2.45) is 0 Å². The monoisotopic (exact) mass is 251 g/mol. The van der Waals surface area contributed by atoms with Crippen LogP contribution in [-0.4, -0.2) is 5.91 Å². The van der Waals surface area contributed by atoms with Gasteiger partial charge < -0.3 is 5.32 Å². The molecule has 0 spiro atoms. The predicted molar refractivity (Wildman–Crippen MR) is 80.0 cm³/mol. The van der Waals surface area contributed by atoms with Gasteiger partial charge in [0.25, 0.3) is 0 Å². The van der Waals surface area contributed by atoms with E-state index in [4.69, 9.17) is 0 Å². The molecule has 0 saturated heterocycles. The van der Waals surface area contributed by atoms with Crippen molar-refractivity contribution in [3.05, 3.63) is 71.3 Å². The van der Waals surface area contributed by atoms with Crippen LogP contribution in [0.5, 0.6) is 0 Å². The molecule has 0 heterocycles. The van der Waals surface area contributed by atoms with Crippen LogP contribution in [0, 0.1) is 13.8 Å². The quantitative estimate of drug-likeness (QED) is 0.822. The second-order valence-corrected chi connectivity index (χ2v) is 4.55. The molecule has 0 aliphatic rings. The minimum absolute atomic E-state index is 0.115. The highest BCUT2D eigenvalue weighted by molar-refractivity contribution is 6.02. The first-order valence-electron chi connectivity index (χ1n) is 6.26. The van der Waals surface area contributed by atoms with Gasteiger partial charge in [0.15, 0.2) is 0 Å². The van der Waals surface area contributed by atoms with Gasteiger partial charge >= 0.3 is 0 Å². The van der Waals surface area contributed by atoms with Crippen LogP contribution in [0.3, 0.4) is 0 Å². The topological polar surface area (TPSA) is 29.1 Å². The molecule has 0 fully saturated rings. The summed E-state index contributed by atoms with van der Waals surface area (Å²) in [5.74, 6) is -0.115. The molecule has 0 aliphatic heterocycles. The molecule has 2 rings (SSSR count). The van der Waals surface area contributed by atoms with E-state index < -0.39 is 0 Å². The molecular formula is C17H17NO. The zero-order valence-electron chi connectivity index (χ0n) is 11.2. The summed E-state index contributed by atoms with van der Waals surface area (Å²) in [5.41, 5.74) is 4.13. The highest BCUT2D eigenvalue weighted by Gasteiger charge is 2.01. The van der Waals surface area contributed by atoms with Gasteiger partial charge in [-0.15, -0.1) is 0 Å². The van der Waals surface area contributed by atoms with Crippen molar-refractivity contribution in [2.45, 2.75) is 13.8 Å². The first-order valence-corrected chi connectivity index (χ1v) is 6.26. The molecule has 96 valence electrons. The maximum absolute atomic E-state index is 11.8. The zero-order valence-corrected chi connectivity index (χ0v) is 11.2. The highest BCUT2D eigenvalue weighted by Crippen LogP contribution is 2.16. The summed E-state index contributed by atoms with van der Waals surface area (Å²) in [6.07, 6.45) is 3.35.